The van der Waals surface area contributed by atoms with Gasteiger partial charge in [-0.3, -0.25) is 9.48 Å². The first-order chi connectivity index (χ1) is 8.24. The molecule has 0 radical (unpaired) electrons. The third kappa shape index (κ3) is 2.64. The summed E-state index contributed by atoms with van der Waals surface area (Å²) >= 11 is 1.50. The van der Waals surface area contributed by atoms with Crippen LogP contribution in [0.1, 0.15) is 34.9 Å². The van der Waals surface area contributed by atoms with Crippen LogP contribution in [0.15, 0.2) is 23.6 Å². The number of hydrogen-bond acceptors (Lipinski definition) is 3. The van der Waals surface area contributed by atoms with Crippen LogP contribution in [0.3, 0.4) is 0 Å². The SMILES string of the molecule is CCc1cc(CC(=O)c2cccs2)n(CC)n1. The number of aryl methyl sites for hydroxylation is 2. The maximum atomic E-state index is 12.0. The van der Waals surface area contributed by atoms with Crippen LogP contribution >= 0.6 is 11.3 Å². The van der Waals surface area contributed by atoms with E-state index in [-0.39, 0.29) is 5.78 Å². The third-order valence-corrected chi connectivity index (χ3v) is 3.62. The summed E-state index contributed by atoms with van der Waals surface area (Å²) in [4.78, 5) is 12.8. The first kappa shape index (κ1) is 12.0. The molecule has 0 saturated carbocycles. The number of nitrogens with zero attached hydrogens (tertiary/aromatic N) is 2. The molecule has 0 aromatic carbocycles. The molecule has 0 aliphatic rings. The Kier molecular flexibility index (Phi) is 3.74. The molecule has 0 spiro atoms. The lowest BCUT2D eigenvalue weighted by atomic mass is 10.2. The van der Waals surface area contributed by atoms with E-state index in [9.17, 15) is 4.79 Å². The standard InChI is InChI=1S/C13H16N2OS/c1-3-10-8-11(15(4-2)14-10)9-12(16)13-6-5-7-17-13/h5-8H,3-4,9H2,1-2H3. The average molecular weight is 248 g/mol. The normalized spacial score (nSPS) is 10.7. The molecule has 0 aliphatic heterocycles. The zero-order valence-corrected chi connectivity index (χ0v) is 11.0. The Morgan fingerprint density at radius 1 is 1.47 bits per heavy atom. The van der Waals surface area contributed by atoms with Crippen LogP contribution in [0.2, 0.25) is 0 Å². The Labute approximate surface area is 105 Å². The Bertz CT molecular complexity index is 499. The Morgan fingerprint density at radius 3 is 2.88 bits per heavy atom. The van der Waals surface area contributed by atoms with E-state index in [1.807, 2.05) is 35.2 Å². The summed E-state index contributed by atoms with van der Waals surface area (Å²) in [5, 5.41) is 6.38. The van der Waals surface area contributed by atoms with Crippen LogP contribution in [-0.4, -0.2) is 15.6 Å². The predicted molar refractivity (Wildman–Crippen MR) is 69.6 cm³/mol. The predicted octanol–water partition coefficient (Wildman–Crippen LogP) is 2.95. The van der Waals surface area contributed by atoms with Crippen LogP contribution < -0.4 is 0 Å². The number of carbonyl (C=O) groups is 1. The molecular formula is C13H16N2OS. The van der Waals surface area contributed by atoms with Crippen LogP contribution in [0.4, 0.5) is 0 Å². The number of Topliss-reactive ketones (excluding diaryl/α,β-unsaturated/α-hetero) is 1. The van der Waals surface area contributed by atoms with Crippen molar-refractivity contribution in [2.75, 3.05) is 0 Å². The van der Waals surface area contributed by atoms with Gasteiger partial charge in [-0.25, -0.2) is 0 Å². The second kappa shape index (κ2) is 5.27. The van der Waals surface area contributed by atoms with Crippen molar-refractivity contribution >= 4 is 17.1 Å². The van der Waals surface area contributed by atoms with Gasteiger partial charge >= 0.3 is 0 Å². The number of hydrogen-bond donors (Lipinski definition) is 0. The van der Waals surface area contributed by atoms with Gasteiger partial charge in [0.2, 0.25) is 0 Å². The van der Waals surface area contributed by atoms with Gasteiger partial charge < -0.3 is 0 Å². The molecule has 0 saturated heterocycles. The van der Waals surface area contributed by atoms with Crippen LogP contribution in [0, 0.1) is 0 Å². The largest absolute Gasteiger partial charge is 0.293 e. The van der Waals surface area contributed by atoms with E-state index < -0.39 is 0 Å². The summed E-state index contributed by atoms with van der Waals surface area (Å²) in [6.07, 6.45) is 1.36. The molecular weight excluding hydrogens is 232 g/mol. The Balaban J connectivity index is 2.18. The fourth-order valence-corrected chi connectivity index (χ4v) is 2.46. The topological polar surface area (TPSA) is 34.9 Å². The number of ketones is 1. The van der Waals surface area contributed by atoms with E-state index in [2.05, 4.69) is 12.0 Å². The number of aromatic nitrogens is 2. The minimum Gasteiger partial charge on any atom is -0.293 e. The van der Waals surface area contributed by atoms with E-state index >= 15 is 0 Å². The van der Waals surface area contributed by atoms with Gasteiger partial charge in [0.15, 0.2) is 5.78 Å². The highest BCUT2D eigenvalue weighted by molar-refractivity contribution is 7.12. The van der Waals surface area contributed by atoms with Gasteiger partial charge in [0.05, 0.1) is 17.0 Å². The Morgan fingerprint density at radius 2 is 2.29 bits per heavy atom. The lowest BCUT2D eigenvalue weighted by Gasteiger charge is -2.02. The zero-order chi connectivity index (χ0) is 12.3. The first-order valence-electron chi connectivity index (χ1n) is 5.86. The van der Waals surface area contributed by atoms with E-state index in [0.29, 0.717) is 6.42 Å². The molecule has 0 aliphatic carbocycles. The van der Waals surface area contributed by atoms with E-state index in [4.69, 9.17) is 0 Å². The fraction of sp³-hybridized carbons (Fsp3) is 0.385. The fourth-order valence-electron chi connectivity index (χ4n) is 1.79. The van der Waals surface area contributed by atoms with Crippen molar-refractivity contribution < 1.29 is 4.79 Å². The Hall–Kier alpha value is -1.42. The van der Waals surface area contributed by atoms with Crippen LogP contribution in [0.5, 0.6) is 0 Å². The summed E-state index contributed by atoms with van der Waals surface area (Å²) < 4.78 is 1.92. The first-order valence-corrected chi connectivity index (χ1v) is 6.74. The summed E-state index contributed by atoms with van der Waals surface area (Å²) in [5.74, 6) is 0.178. The van der Waals surface area contributed by atoms with Crippen molar-refractivity contribution in [1.82, 2.24) is 9.78 Å². The van der Waals surface area contributed by atoms with Crippen molar-refractivity contribution in [2.45, 2.75) is 33.2 Å². The van der Waals surface area contributed by atoms with E-state index in [0.717, 1.165) is 29.2 Å². The molecule has 2 rings (SSSR count). The van der Waals surface area contributed by atoms with Gasteiger partial charge in [-0.15, -0.1) is 11.3 Å². The molecule has 0 atom stereocenters. The minimum absolute atomic E-state index is 0.178. The van der Waals surface area contributed by atoms with Gasteiger partial charge in [-0.2, -0.15) is 5.10 Å². The number of carbonyl (C=O) groups excluding carboxylic acids is 1. The molecule has 90 valence electrons. The maximum absolute atomic E-state index is 12.0. The highest BCUT2D eigenvalue weighted by Crippen LogP contribution is 2.14. The summed E-state index contributed by atoms with van der Waals surface area (Å²) in [6, 6.07) is 5.82. The maximum Gasteiger partial charge on any atom is 0.178 e. The van der Waals surface area contributed by atoms with Gasteiger partial charge in [0, 0.05) is 12.2 Å². The second-order valence-electron chi connectivity index (χ2n) is 3.87. The average Bonchev–Trinajstić information content (AvgIpc) is 2.97. The van der Waals surface area contributed by atoms with Crippen molar-refractivity contribution in [1.29, 1.82) is 0 Å². The molecule has 3 nitrogen and oxygen atoms in total. The highest BCUT2D eigenvalue weighted by atomic mass is 32.1. The van der Waals surface area contributed by atoms with Gasteiger partial charge in [-0.05, 0) is 30.9 Å². The zero-order valence-electron chi connectivity index (χ0n) is 10.1. The third-order valence-electron chi connectivity index (χ3n) is 2.71. The smallest absolute Gasteiger partial charge is 0.178 e. The molecule has 0 amide bonds. The van der Waals surface area contributed by atoms with Crippen LogP contribution in [-0.2, 0) is 19.4 Å². The van der Waals surface area contributed by atoms with Gasteiger partial charge in [0.1, 0.15) is 0 Å². The van der Waals surface area contributed by atoms with Crippen molar-refractivity contribution in [3.63, 3.8) is 0 Å². The van der Waals surface area contributed by atoms with Gasteiger partial charge in [0.25, 0.3) is 0 Å². The van der Waals surface area contributed by atoms with Crippen LogP contribution in [0.25, 0.3) is 0 Å². The quantitative estimate of drug-likeness (QED) is 0.762. The number of thiophene rings is 1. The second-order valence-corrected chi connectivity index (χ2v) is 4.82. The van der Waals surface area contributed by atoms with E-state index in [1.165, 1.54) is 11.3 Å². The molecule has 17 heavy (non-hydrogen) atoms. The molecule has 2 heterocycles. The number of rotatable bonds is 5. The van der Waals surface area contributed by atoms with Crippen molar-refractivity contribution in [3.05, 3.63) is 39.8 Å². The molecule has 0 unspecified atom stereocenters. The summed E-state index contributed by atoms with van der Waals surface area (Å²) in [5.41, 5.74) is 2.07. The lowest BCUT2D eigenvalue weighted by molar-refractivity contribution is 0.0994. The van der Waals surface area contributed by atoms with Gasteiger partial charge in [-0.1, -0.05) is 13.0 Å². The summed E-state index contributed by atoms with van der Waals surface area (Å²) in [6.45, 7) is 4.94. The highest BCUT2D eigenvalue weighted by Gasteiger charge is 2.12. The molecule has 4 heteroatoms. The van der Waals surface area contributed by atoms with E-state index in [1.54, 1.807) is 0 Å². The molecule has 2 aromatic rings. The molecule has 2 aromatic heterocycles. The molecule has 0 fully saturated rings. The van der Waals surface area contributed by atoms with Crippen molar-refractivity contribution in [3.8, 4) is 0 Å². The monoisotopic (exact) mass is 248 g/mol. The summed E-state index contributed by atoms with van der Waals surface area (Å²) in [7, 11) is 0. The molecule has 0 bridgehead atoms. The van der Waals surface area contributed by atoms with Crippen molar-refractivity contribution in [2.24, 2.45) is 0 Å². The minimum atomic E-state index is 0.178. The molecule has 0 N–H and O–H groups in total. The lowest BCUT2D eigenvalue weighted by Crippen LogP contribution is -2.08.